The van der Waals surface area contributed by atoms with Crippen LogP contribution in [-0.2, 0) is 11.2 Å². The van der Waals surface area contributed by atoms with E-state index in [0.717, 1.165) is 22.4 Å². The molecule has 0 saturated heterocycles. The van der Waals surface area contributed by atoms with Crippen molar-refractivity contribution < 1.29 is 14.6 Å². The van der Waals surface area contributed by atoms with Crippen molar-refractivity contribution in [3.8, 4) is 16.9 Å². The largest absolute Gasteiger partial charge is 0.497 e. The lowest BCUT2D eigenvalue weighted by molar-refractivity contribution is -0.136. The van der Waals surface area contributed by atoms with Gasteiger partial charge in [-0.1, -0.05) is 36.4 Å². The quantitative estimate of drug-likeness (QED) is 0.896. The Morgan fingerprint density at radius 3 is 2.39 bits per heavy atom. The summed E-state index contributed by atoms with van der Waals surface area (Å²) in [7, 11) is 1.62. The SMILES string of the molecule is COc1ccc(-c2ccccc2CC(=O)O)cc1. The zero-order valence-electron chi connectivity index (χ0n) is 10.1. The molecule has 0 aliphatic rings. The van der Waals surface area contributed by atoms with Crippen molar-refractivity contribution in [2.75, 3.05) is 7.11 Å². The minimum atomic E-state index is -0.823. The number of carboxylic acid groups (broad SMARTS) is 1. The summed E-state index contributed by atoms with van der Waals surface area (Å²) in [4.78, 5) is 10.8. The van der Waals surface area contributed by atoms with Crippen LogP contribution in [0.2, 0.25) is 0 Å². The molecule has 3 nitrogen and oxygen atoms in total. The van der Waals surface area contributed by atoms with Crippen LogP contribution in [0.4, 0.5) is 0 Å². The highest BCUT2D eigenvalue weighted by molar-refractivity contribution is 5.76. The maximum Gasteiger partial charge on any atom is 0.307 e. The second-order valence-corrected chi connectivity index (χ2v) is 3.96. The van der Waals surface area contributed by atoms with Gasteiger partial charge in [0.15, 0.2) is 0 Å². The summed E-state index contributed by atoms with van der Waals surface area (Å²) in [6, 6.07) is 15.1. The highest BCUT2D eigenvalue weighted by Gasteiger charge is 2.07. The first-order chi connectivity index (χ1) is 8.70. The van der Waals surface area contributed by atoms with E-state index in [4.69, 9.17) is 9.84 Å². The molecule has 0 radical (unpaired) electrons. The van der Waals surface area contributed by atoms with E-state index < -0.39 is 5.97 Å². The minimum Gasteiger partial charge on any atom is -0.497 e. The molecule has 0 bridgehead atoms. The Kier molecular flexibility index (Phi) is 3.63. The maximum absolute atomic E-state index is 10.8. The molecule has 2 rings (SSSR count). The third-order valence-electron chi connectivity index (χ3n) is 2.76. The molecule has 2 aromatic rings. The third kappa shape index (κ3) is 2.69. The Morgan fingerprint density at radius 2 is 1.78 bits per heavy atom. The van der Waals surface area contributed by atoms with Gasteiger partial charge in [0.2, 0.25) is 0 Å². The number of ether oxygens (including phenoxy) is 1. The monoisotopic (exact) mass is 242 g/mol. The molecular formula is C15H14O3. The smallest absolute Gasteiger partial charge is 0.307 e. The lowest BCUT2D eigenvalue weighted by Crippen LogP contribution is -2.01. The van der Waals surface area contributed by atoms with Crippen LogP contribution in [0.25, 0.3) is 11.1 Å². The van der Waals surface area contributed by atoms with E-state index in [1.807, 2.05) is 48.5 Å². The Labute approximate surface area is 106 Å². The third-order valence-corrected chi connectivity index (χ3v) is 2.76. The van der Waals surface area contributed by atoms with Crippen LogP contribution < -0.4 is 4.74 Å². The van der Waals surface area contributed by atoms with Gasteiger partial charge in [-0.3, -0.25) is 4.79 Å². The van der Waals surface area contributed by atoms with E-state index in [1.165, 1.54) is 0 Å². The number of methoxy groups -OCH3 is 1. The first-order valence-corrected chi connectivity index (χ1v) is 5.65. The first-order valence-electron chi connectivity index (χ1n) is 5.65. The number of carbonyl (C=O) groups is 1. The van der Waals surface area contributed by atoms with Crippen LogP contribution in [0.1, 0.15) is 5.56 Å². The molecule has 0 fully saturated rings. The number of hydrogen-bond donors (Lipinski definition) is 1. The molecule has 0 amide bonds. The van der Waals surface area contributed by atoms with Gasteiger partial charge in [-0.2, -0.15) is 0 Å². The number of hydrogen-bond acceptors (Lipinski definition) is 2. The maximum atomic E-state index is 10.8. The molecule has 92 valence electrons. The van der Waals surface area contributed by atoms with Crippen molar-refractivity contribution in [2.45, 2.75) is 6.42 Å². The second kappa shape index (κ2) is 5.36. The van der Waals surface area contributed by atoms with Gasteiger partial charge in [0.25, 0.3) is 0 Å². The number of aliphatic carboxylic acids is 1. The van der Waals surface area contributed by atoms with Gasteiger partial charge in [-0.25, -0.2) is 0 Å². The number of rotatable bonds is 4. The topological polar surface area (TPSA) is 46.5 Å². The average molecular weight is 242 g/mol. The van der Waals surface area contributed by atoms with Crippen molar-refractivity contribution in [1.82, 2.24) is 0 Å². The van der Waals surface area contributed by atoms with Crippen molar-refractivity contribution in [2.24, 2.45) is 0 Å². The zero-order chi connectivity index (χ0) is 13.0. The fourth-order valence-corrected chi connectivity index (χ4v) is 1.89. The summed E-state index contributed by atoms with van der Waals surface area (Å²) >= 11 is 0. The first kappa shape index (κ1) is 12.2. The molecule has 2 aromatic carbocycles. The van der Waals surface area contributed by atoms with Gasteiger partial charge in [-0.15, -0.1) is 0 Å². The fraction of sp³-hybridized carbons (Fsp3) is 0.133. The van der Waals surface area contributed by atoms with Crippen LogP contribution in [0.15, 0.2) is 48.5 Å². The molecule has 0 unspecified atom stereocenters. The Balaban J connectivity index is 2.39. The predicted molar refractivity (Wildman–Crippen MR) is 69.8 cm³/mol. The summed E-state index contributed by atoms with van der Waals surface area (Å²) in [5, 5.41) is 8.90. The van der Waals surface area contributed by atoms with Gasteiger partial charge in [0.1, 0.15) is 5.75 Å². The number of carboxylic acids is 1. The fourth-order valence-electron chi connectivity index (χ4n) is 1.89. The molecular weight excluding hydrogens is 228 g/mol. The summed E-state index contributed by atoms with van der Waals surface area (Å²) in [5.74, 6) is -0.0366. The highest BCUT2D eigenvalue weighted by Crippen LogP contribution is 2.26. The second-order valence-electron chi connectivity index (χ2n) is 3.96. The van der Waals surface area contributed by atoms with Crippen LogP contribution in [0.5, 0.6) is 5.75 Å². The minimum absolute atomic E-state index is 0.0300. The van der Waals surface area contributed by atoms with Crippen LogP contribution in [-0.4, -0.2) is 18.2 Å². The Bertz CT molecular complexity index is 544. The molecule has 1 N–H and O–H groups in total. The van der Waals surface area contributed by atoms with Gasteiger partial charge in [0.05, 0.1) is 13.5 Å². The highest BCUT2D eigenvalue weighted by atomic mass is 16.5. The van der Waals surface area contributed by atoms with Crippen molar-refractivity contribution in [3.05, 3.63) is 54.1 Å². The van der Waals surface area contributed by atoms with E-state index in [1.54, 1.807) is 7.11 Å². The van der Waals surface area contributed by atoms with Gasteiger partial charge in [-0.05, 0) is 28.8 Å². The average Bonchev–Trinajstić information content (AvgIpc) is 2.39. The normalized spacial score (nSPS) is 10.1. The van der Waals surface area contributed by atoms with Crippen LogP contribution in [0.3, 0.4) is 0 Å². The summed E-state index contributed by atoms with van der Waals surface area (Å²) in [5.41, 5.74) is 2.75. The predicted octanol–water partition coefficient (Wildman–Crippen LogP) is 2.99. The standard InChI is InChI=1S/C15H14O3/c1-18-13-8-6-11(7-9-13)14-5-3-2-4-12(14)10-15(16)17/h2-9H,10H2,1H3,(H,16,17). The molecule has 0 aliphatic carbocycles. The molecule has 0 aromatic heterocycles. The van der Waals surface area contributed by atoms with Crippen LogP contribution in [0, 0.1) is 0 Å². The number of benzene rings is 2. The lowest BCUT2D eigenvalue weighted by atomic mass is 9.98. The van der Waals surface area contributed by atoms with E-state index in [-0.39, 0.29) is 6.42 Å². The van der Waals surface area contributed by atoms with Gasteiger partial charge in [0, 0.05) is 0 Å². The summed E-state index contributed by atoms with van der Waals surface area (Å²) in [6.07, 6.45) is 0.0300. The van der Waals surface area contributed by atoms with Crippen molar-refractivity contribution >= 4 is 5.97 Å². The molecule has 0 atom stereocenters. The summed E-state index contributed by atoms with van der Waals surface area (Å²) in [6.45, 7) is 0. The van der Waals surface area contributed by atoms with E-state index >= 15 is 0 Å². The van der Waals surface area contributed by atoms with Crippen molar-refractivity contribution in [3.63, 3.8) is 0 Å². The van der Waals surface area contributed by atoms with E-state index in [2.05, 4.69) is 0 Å². The van der Waals surface area contributed by atoms with E-state index in [0.29, 0.717) is 0 Å². The molecule has 0 heterocycles. The summed E-state index contributed by atoms with van der Waals surface area (Å²) < 4.78 is 5.11. The van der Waals surface area contributed by atoms with Gasteiger partial charge < -0.3 is 9.84 Å². The van der Waals surface area contributed by atoms with Gasteiger partial charge >= 0.3 is 5.97 Å². The molecule has 0 saturated carbocycles. The molecule has 3 heteroatoms. The zero-order valence-corrected chi connectivity index (χ0v) is 10.1. The molecule has 0 aliphatic heterocycles. The lowest BCUT2D eigenvalue weighted by Gasteiger charge is -2.08. The van der Waals surface area contributed by atoms with Crippen molar-refractivity contribution in [1.29, 1.82) is 0 Å². The Hall–Kier alpha value is -2.29. The Morgan fingerprint density at radius 1 is 1.11 bits per heavy atom. The molecule has 0 spiro atoms. The molecule has 18 heavy (non-hydrogen) atoms. The van der Waals surface area contributed by atoms with E-state index in [9.17, 15) is 4.79 Å². The van der Waals surface area contributed by atoms with Crippen LogP contribution >= 0.6 is 0 Å².